The maximum Gasteiger partial charge on any atom is 0.157 e. The fraction of sp³-hybridized carbons (Fsp3) is 0.100. The van der Waals surface area contributed by atoms with E-state index in [1.807, 2.05) is 12.1 Å². The lowest BCUT2D eigenvalue weighted by molar-refractivity contribution is 0.662. The minimum absolute atomic E-state index is 0.669. The minimum atomic E-state index is -0.669. The Morgan fingerprint density at radius 2 is 2.15 bits per heavy atom. The van der Waals surface area contributed by atoms with Gasteiger partial charge in [-0.25, -0.2) is 0 Å². The van der Waals surface area contributed by atoms with E-state index in [4.69, 9.17) is 11.6 Å². The van der Waals surface area contributed by atoms with Crippen LogP contribution in [0, 0.1) is 6.08 Å². The van der Waals surface area contributed by atoms with Gasteiger partial charge in [-0.1, -0.05) is 11.6 Å². The Morgan fingerprint density at radius 1 is 1.38 bits per heavy atom. The zero-order chi connectivity index (χ0) is 9.15. The number of halogens is 1. The van der Waals surface area contributed by atoms with E-state index in [9.17, 15) is 0 Å². The predicted molar refractivity (Wildman–Crippen MR) is 51.9 cm³/mol. The van der Waals surface area contributed by atoms with Gasteiger partial charge in [0.05, 0.1) is 0 Å². The SMILES string of the molecule is ClC1(c2ccncc2)C=[C]C=CN1. The summed E-state index contributed by atoms with van der Waals surface area (Å²) < 4.78 is 0. The summed E-state index contributed by atoms with van der Waals surface area (Å²) in [5, 5.41) is 3.05. The molecule has 1 aliphatic heterocycles. The van der Waals surface area contributed by atoms with Crippen molar-refractivity contribution in [3.05, 3.63) is 54.5 Å². The van der Waals surface area contributed by atoms with E-state index in [0.717, 1.165) is 5.56 Å². The molecule has 0 aliphatic carbocycles. The smallest absolute Gasteiger partial charge is 0.157 e. The van der Waals surface area contributed by atoms with Crippen molar-refractivity contribution < 1.29 is 0 Å². The molecule has 1 aromatic heterocycles. The molecule has 13 heavy (non-hydrogen) atoms. The van der Waals surface area contributed by atoms with Crippen LogP contribution in [0.1, 0.15) is 5.56 Å². The maximum absolute atomic E-state index is 6.29. The number of hydrogen-bond acceptors (Lipinski definition) is 2. The zero-order valence-electron chi connectivity index (χ0n) is 6.87. The molecule has 0 spiro atoms. The van der Waals surface area contributed by atoms with E-state index < -0.39 is 5.00 Å². The molecule has 1 aromatic rings. The third-order valence-corrected chi connectivity index (χ3v) is 2.29. The van der Waals surface area contributed by atoms with Gasteiger partial charge in [0.25, 0.3) is 0 Å². The number of nitrogens with zero attached hydrogens (tertiary/aromatic N) is 1. The van der Waals surface area contributed by atoms with Crippen molar-refractivity contribution in [1.82, 2.24) is 10.3 Å². The van der Waals surface area contributed by atoms with Crippen LogP contribution < -0.4 is 5.32 Å². The van der Waals surface area contributed by atoms with Crippen LogP contribution in [0.25, 0.3) is 0 Å². The van der Waals surface area contributed by atoms with Crippen molar-refractivity contribution in [2.75, 3.05) is 0 Å². The van der Waals surface area contributed by atoms with Gasteiger partial charge in [0.1, 0.15) is 0 Å². The Labute approximate surface area is 81.9 Å². The van der Waals surface area contributed by atoms with Gasteiger partial charge < -0.3 is 5.32 Å². The molecule has 0 saturated carbocycles. The molecular formula is C10H8ClN2. The largest absolute Gasteiger partial charge is 0.366 e. The van der Waals surface area contributed by atoms with E-state index in [2.05, 4.69) is 16.4 Å². The second kappa shape index (κ2) is 3.23. The summed E-state index contributed by atoms with van der Waals surface area (Å²) in [7, 11) is 0. The lowest BCUT2D eigenvalue weighted by atomic mass is 10.1. The highest BCUT2D eigenvalue weighted by atomic mass is 35.5. The Balaban J connectivity index is 2.35. The lowest BCUT2D eigenvalue weighted by Gasteiger charge is -2.25. The van der Waals surface area contributed by atoms with Gasteiger partial charge in [-0.05, 0) is 42.1 Å². The highest BCUT2D eigenvalue weighted by Gasteiger charge is 2.25. The summed E-state index contributed by atoms with van der Waals surface area (Å²) in [5.41, 5.74) is 0.959. The summed E-state index contributed by atoms with van der Waals surface area (Å²) >= 11 is 6.29. The number of pyridine rings is 1. The van der Waals surface area contributed by atoms with Crippen molar-refractivity contribution >= 4 is 11.6 Å². The summed E-state index contributed by atoms with van der Waals surface area (Å²) in [6.07, 6.45) is 11.7. The molecule has 1 aliphatic rings. The number of dihydropyridines is 1. The van der Waals surface area contributed by atoms with Crippen molar-refractivity contribution in [2.45, 2.75) is 5.00 Å². The molecule has 0 bridgehead atoms. The van der Waals surface area contributed by atoms with Gasteiger partial charge in [-0.15, -0.1) is 0 Å². The molecule has 1 N–H and O–H groups in total. The van der Waals surface area contributed by atoms with E-state index in [1.54, 1.807) is 30.7 Å². The number of nitrogens with one attached hydrogen (secondary N) is 1. The van der Waals surface area contributed by atoms with Crippen molar-refractivity contribution in [2.24, 2.45) is 0 Å². The second-order valence-corrected chi connectivity index (χ2v) is 3.33. The molecular weight excluding hydrogens is 184 g/mol. The summed E-state index contributed by atoms with van der Waals surface area (Å²) in [6, 6.07) is 3.74. The fourth-order valence-corrected chi connectivity index (χ4v) is 1.43. The highest BCUT2D eigenvalue weighted by Crippen LogP contribution is 2.28. The molecule has 65 valence electrons. The first-order valence-corrected chi connectivity index (χ1v) is 4.32. The van der Waals surface area contributed by atoms with E-state index in [1.165, 1.54) is 0 Å². The Morgan fingerprint density at radius 3 is 2.77 bits per heavy atom. The first kappa shape index (κ1) is 8.32. The molecule has 1 unspecified atom stereocenters. The van der Waals surface area contributed by atoms with Gasteiger partial charge in [0, 0.05) is 12.4 Å². The molecule has 1 radical (unpaired) electrons. The molecule has 1 atom stereocenters. The van der Waals surface area contributed by atoms with Crippen molar-refractivity contribution in [1.29, 1.82) is 0 Å². The van der Waals surface area contributed by atoms with Crippen LogP contribution in [0.2, 0.25) is 0 Å². The average molecular weight is 192 g/mol. The average Bonchev–Trinajstić information content (AvgIpc) is 2.20. The zero-order valence-corrected chi connectivity index (χ0v) is 7.62. The molecule has 2 heterocycles. The molecule has 0 aromatic carbocycles. The highest BCUT2D eigenvalue weighted by molar-refractivity contribution is 6.25. The van der Waals surface area contributed by atoms with Crippen molar-refractivity contribution in [3.8, 4) is 0 Å². The monoisotopic (exact) mass is 191 g/mol. The van der Waals surface area contributed by atoms with Crippen LogP contribution >= 0.6 is 11.6 Å². The summed E-state index contributed by atoms with van der Waals surface area (Å²) in [4.78, 5) is 3.26. The van der Waals surface area contributed by atoms with Gasteiger partial charge in [0.2, 0.25) is 0 Å². The molecule has 2 nitrogen and oxygen atoms in total. The van der Waals surface area contributed by atoms with Crippen molar-refractivity contribution in [3.63, 3.8) is 0 Å². The van der Waals surface area contributed by atoms with Gasteiger partial charge in [0.15, 0.2) is 5.00 Å². The first-order chi connectivity index (χ1) is 6.31. The van der Waals surface area contributed by atoms with Crippen LogP contribution in [0.5, 0.6) is 0 Å². The Hall–Kier alpha value is -1.28. The van der Waals surface area contributed by atoms with Gasteiger partial charge >= 0.3 is 0 Å². The predicted octanol–water partition coefficient (Wildman–Crippen LogP) is 1.95. The molecule has 3 heteroatoms. The number of hydrogen-bond donors (Lipinski definition) is 1. The van der Waals surface area contributed by atoms with E-state index >= 15 is 0 Å². The number of rotatable bonds is 1. The van der Waals surface area contributed by atoms with Crippen LogP contribution in [-0.4, -0.2) is 4.98 Å². The third-order valence-electron chi connectivity index (χ3n) is 1.86. The quantitative estimate of drug-likeness (QED) is 0.542. The third kappa shape index (κ3) is 1.58. The van der Waals surface area contributed by atoms with Crippen LogP contribution in [0.15, 0.2) is 42.9 Å². The number of alkyl halides is 1. The van der Waals surface area contributed by atoms with E-state index in [-0.39, 0.29) is 0 Å². The Kier molecular flexibility index (Phi) is 2.07. The second-order valence-electron chi connectivity index (χ2n) is 2.74. The van der Waals surface area contributed by atoms with E-state index in [0.29, 0.717) is 0 Å². The van der Waals surface area contributed by atoms with Crippen LogP contribution in [-0.2, 0) is 5.00 Å². The molecule has 0 amide bonds. The summed E-state index contributed by atoms with van der Waals surface area (Å²) in [5.74, 6) is 0. The fourth-order valence-electron chi connectivity index (χ4n) is 1.18. The molecule has 0 saturated heterocycles. The number of allylic oxidation sites excluding steroid dienone is 2. The van der Waals surface area contributed by atoms with Crippen LogP contribution in [0.4, 0.5) is 0 Å². The minimum Gasteiger partial charge on any atom is -0.366 e. The molecule has 0 fully saturated rings. The van der Waals surface area contributed by atoms with Gasteiger partial charge in [-0.3, -0.25) is 4.98 Å². The molecule has 2 rings (SSSR count). The normalized spacial score (nSPS) is 25.6. The lowest BCUT2D eigenvalue weighted by Crippen LogP contribution is -2.32. The Bertz CT molecular complexity index is 345. The summed E-state index contributed by atoms with van der Waals surface area (Å²) in [6.45, 7) is 0. The maximum atomic E-state index is 6.29. The first-order valence-electron chi connectivity index (χ1n) is 3.94. The topological polar surface area (TPSA) is 24.9 Å². The number of aromatic nitrogens is 1. The van der Waals surface area contributed by atoms with Crippen LogP contribution in [0.3, 0.4) is 0 Å². The van der Waals surface area contributed by atoms with Gasteiger partial charge in [-0.2, -0.15) is 0 Å². The standard InChI is InChI=1S/C10H8ClN2/c11-10(5-1-2-6-13-10)9-3-7-12-8-4-9/h2-8,13H.